The minimum absolute atomic E-state index is 0.127. The number of anilines is 3. The van der Waals surface area contributed by atoms with Gasteiger partial charge in [-0.2, -0.15) is 0 Å². The Kier molecular flexibility index (Phi) is 5.95. The van der Waals surface area contributed by atoms with E-state index in [1.165, 1.54) is 0 Å². The number of hydrogen-bond acceptors (Lipinski definition) is 6. The molecule has 32 heavy (non-hydrogen) atoms. The van der Waals surface area contributed by atoms with Gasteiger partial charge in [-0.05, 0) is 12.1 Å². The van der Waals surface area contributed by atoms with Crippen molar-refractivity contribution < 1.29 is 19.0 Å². The summed E-state index contributed by atoms with van der Waals surface area (Å²) in [7, 11) is 6.55. The van der Waals surface area contributed by atoms with Crippen molar-refractivity contribution in [3.05, 3.63) is 40.8 Å². The molecule has 170 valence electrons. The van der Waals surface area contributed by atoms with Crippen LogP contribution in [-0.4, -0.2) is 55.7 Å². The Balaban J connectivity index is 1.68. The van der Waals surface area contributed by atoms with E-state index in [2.05, 4.69) is 15.5 Å². The SMILES string of the molecule is COc1cc(NC(=O)Nc2cc3c(cc2N2CCOCC2)n(C)c(=O)n3C)cc(OC)c1. The summed E-state index contributed by atoms with van der Waals surface area (Å²) in [5.74, 6) is 1.13. The number of aryl methyl sites for hydroxylation is 2. The quantitative estimate of drug-likeness (QED) is 0.631. The number of urea groups is 1. The second-order valence-corrected chi connectivity index (χ2v) is 7.54. The average molecular weight is 441 g/mol. The summed E-state index contributed by atoms with van der Waals surface area (Å²) in [6.45, 7) is 2.58. The highest BCUT2D eigenvalue weighted by molar-refractivity contribution is 6.04. The number of ether oxygens (including phenoxy) is 3. The Bertz CT molecular complexity index is 1190. The molecule has 1 aliphatic heterocycles. The molecule has 0 unspecified atom stereocenters. The van der Waals surface area contributed by atoms with Crippen molar-refractivity contribution in [1.82, 2.24) is 9.13 Å². The average Bonchev–Trinajstić information content (AvgIpc) is 3.02. The molecule has 4 rings (SSSR count). The molecule has 1 fully saturated rings. The van der Waals surface area contributed by atoms with Gasteiger partial charge in [-0.15, -0.1) is 0 Å². The van der Waals surface area contributed by atoms with Crippen molar-refractivity contribution in [2.75, 3.05) is 56.1 Å². The molecule has 0 saturated carbocycles. The van der Waals surface area contributed by atoms with Crippen molar-refractivity contribution in [3.8, 4) is 11.5 Å². The van der Waals surface area contributed by atoms with E-state index in [9.17, 15) is 9.59 Å². The molecule has 2 amide bonds. The van der Waals surface area contributed by atoms with E-state index in [1.54, 1.807) is 55.6 Å². The van der Waals surface area contributed by atoms with E-state index in [0.29, 0.717) is 49.2 Å². The number of nitrogens with zero attached hydrogens (tertiary/aromatic N) is 3. The molecule has 0 spiro atoms. The van der Waals surface area contributed by atoms with Gasteiger partial charge in [-0.25, -0.2) is 9.59 Å². The smallest absolute Gasteiger partial charge is 0.328 e. The molecular weight excluding hydrogens is 414 g/mol. The number of morpholine rings is 1. The summed E-state index contributed by atoms with van der Waals surface area (Å²) < 4.78 is 19.2. The van der Waals surface area contributed by atoms with Crippen LogP contribution in [0.5, 0.6) is 11.5 Å². The zero-order valence-electron chi connectivity index (χ0n) is 18.6. The summed E-state index contributed by atoms with van der Waals surface area (Å²) in [5, 5.41) is 5.76. The van der Waals surface area contributed by atoms with Gasteiger partial charge in [0.25, 0.3) is 0 Å². The maximum Gasteiger partial charge on any atom is 0.328 e. The Hall–Kier alpha value is -3.66. The van der Waals surface area contributed by atoms with Crippen LogP contribution < -0.4 is 30.7 Å². The van der Waals surface area contributed by atoms with Gasteiger partial charge < -0.3 is 29.7 Å². The van der Waals surface area contributed by atoms with Crippen LogP contribution in [0.4, 0.5) is 21.9 Å². The van der Waals surface area contributed by atoms with Gasteiger partial charge in [0.2, 0.25) is 0 Å². The lowest BCUT2D eigenvalue weighted by atomic mass is 10.2. The van der Waals surface area contributed by atoms with Crippen LogP contribution in [0.25, 0.3) is 11.0 Å². The van der Waals surface area contributed by atoms with Crippen molar-refractivity contribution in [2.24, 2.45) is 14.1 Å². The van der Waals surface area contributed by atoms with Gasteiger partial charge in [0.1, 0.15) is 11.5 Å². The number of amides is 2. The lowest BCUT2D eigenvalue weighted by molar-refractivity contribution is 0.123. The molecule has 0 atom stereocenters. The number of nitrogens with one attached hydrogen (secondary N) is 2. The molecule has 0 aliphatic carbocycles. The van der Waals surface area contributed by atoms with Crippen LogP contribution in [-0.2, 0) is 18.8 Å². The van der Waals surface area contributed by atoms with Crippen LogP contribution in [0, 0.1) is 0 Å². The third kappa shape index (κ3) is 4.09. The molecular formula is C22H27N5O5. The fourth-order valence-corrected chi connectivity index (χ4v) is 3.86. The lowest BCUT2D eigenvalue weighted by Crippen LogP contribution is -2.37. The number of aromatic nitrogens is 2. The first-order valence-corrected chi connectivity index (χ1v) is 10.2. The molecule has 1 aromatic heterocycles. The first kappa shape index (κ1) is 21.6. The lowest BCUT2D eigenvalue weighted by Gasteiger charge is -2.30. The summed E-state index contributed by atoms with van der Waals surface area (Å²) in [6, 6.07) is 8.47. The highest BCUT2D eigenvalue weighted by Crippen LogP contribution is 2.32. The summed E-state index contributed by atoms with van der Waals surface area (Å²) in [6.07, 6.45) is 0. The fraction of sp³-hybridized carbons (Fsp3) is 0.364. The van der Waals surface area contributed by atoms with Gasteiger partial charge in [0.05, 0.1) is 49.8 Å². The Morgan fingerprint density at radius 1 is 0.906 bits per heavy atom. The second kappa shape index (κ2) is 8.83. The van der Waals surface area contributed by atoms with Crippen molar-refractivity contribution >= 4 is 34.1 Å². The van der Waals surface area contributed by atoms with Crippen LogP contribution in [0.15, 0.2) is 35.1 Å². The van der Waals surface area contributed by atoms with E-state index >= 15 is 0 Å². The molecule has 3 aromatic rings. The Morgan fingerprint density at radius 3 is 2.09 bits per heavy atom. The van der Waals surface area contributed by atoms with Crippen molar-refractivity contribution in [3.63, 3.8) is 0 Å². The van der Waals surface area contributed by atoms with E-state index in [1.807, 2.05) is 12.1 Å². The normalized spacial score (nSPS) is 13.8. The van der Waals surface area contributed by atoms with E-state index in [0.717, 1.165) is 16.7 Å². The second-order valence-electron chi connectivity index (χ2n) is 7.54. The number of hydrogen-bond donors (Lipinski definition) is 2. The molecule has 2 N–H and O–H groups in total. The number of fused-ring (bicyclic) bond motifs is 1. The largest absolute Gasteiger partial charge is 0.497 e. The summed E-state index contributed by atoms with van der Waals surface area (Å²) >= 11 is 0. The monoisotopic (exact) mass is 441 g/mol. The van der Waals surface area contributed by atoms with Gasteiger partial charge in [-0.3, -0.25) is 9.13 Å². The van der Waals surface area contributed by atoms with Crippen LogP contribution in [0.3, 0.4) is 0 Å². The van der Waals surface area contributed by atoms with E-state index < -0.39 is 6.03 Å². The summed E-state index contributed by atoms with van der Waals surface area (Å²) in [4.78, 5) is 27.5. The first-order valence-electron chi connectivity index (χ1n) is 10.2. The third-order valence-corrected chi connectivity index (χ3v) is 5.60. The predicted octanol–water partition coefficient (Wildman–Crippen LogP) is 2.37. The van der Waals surface area contributed by atoms with Crippen LogP contribution in [0.1, 0.15) is 0 Å². The van der Waals surface area contributed by atoms with Crippen molar-refractivity contribution in [1.29, 1.82) is 0 Å². The van der Waals surface area contributed by atoms with E-state index in [-0.39, 0.29) is 5.69 Å². The predicted molar refractivity (Wildman–Crippen MR) is 123 cm³/mol. The fourth-order valence-electron chi connectivity index (χ4n) is 3.86. The minimum Gasteiger partial charge on any atom is -0.497 e. The number of carbonyl (C=O) groups is 1. The zero-order chi connectivity index (χ0) is 22.8. The molecule has 10 nitrogen and oxygen atoms in total. The number of benzene rings is 2. The number of methoxy groups -OCH3 is 2. The van der Waals surface area contributed by atoms with E-state index in [4.69, 9.17) is 14.2 Å². The highest BCUT2D eigenvalue weighted by Gasteiger charge is 2.20. The zero-order valence-corrected chi connectivity index (χ0v) is 18.6. The van der Waals surface area contributed by atoms with Crippen molar-refractivity contribution in [2.45, 2.75) is 0 Å². The third-order valence-electron chi connectivity index (χ3n) is 5.60. The number of carbonyl (C=O) groups excluding carboxylic acids is 1. The minimum atomic E-state index is -0.421. The molecule has 1 saturated heterocycles. The topological polar surface area (TPSA) is 99.0 Å². The maximum atomic E-state index is 12.9. The highest BCUT2D eigenvalue weighted by atomic mass is 16.5. The van der Waals surface area contributed by atoms with Crippen LogP contribution >= 0.6 is 0 Å². The molecule has 10 heteroatoms. The standard InChI is InChI=1S/C22H27N5O5/c1-25-19-12-17(24-21(28)23-14-9-15(30-3)11-16(10-14)31-4)18(27-5-7-32-8-6-27)13-20(19)26(2)22(25)29/h9-13H,5-8H2,1-4H3,(H2,23,24,28). The molecule has 0 bridgehead atoms. The molecule has 2 heterocycles. The van der Waals surface area contributed by atoms with Crippen LogP contribution in [0.2, 0.25) is 0 Å². The van der Waals surface area contributed by atoms with Gasteiger partial charge in [0, 0.05) is 51.1 Å². The van der Waals surface area contributed by atoms with Gasteiger partial charge >= 0.3 is 11.7 Å². The first-order chi connectivity index (χ1) is 15.4. The van der Waals surface area contributed by atoms with Gasteiger partial charge in [-0.1, -0.05) is 0 Å². The summed E-state index contributed by atoms with van der Waals surface area (Å²) in [5.41, 5.74) is 3.36. The molecule has 2 aromatic carbocycles. The Morgan fingerprint density at radius 2 is 1.50 bits per heavy atom. The maximum absolute atomic E-state index is 12.9. The molecule has 0 radical (unpaired) electrons. The number of imidazole rings is 1. The Labute approximate surface area is 185 Å². The van der Waals surface area contributed by atoms with Gasteiger partial charge in [0.15, 0.2) is 0 Å². The number of rotatable bonds is 5. The molecule has 1 aliphatic rings.